The van der Waals surface area contributed by atoms with Crippen LogP contribution in [0.2, 0.25) is 0 Å². The van der Waals surface area contributed by atoms with Gasteiger partial charge in [-0.05, 0) is 35.2 Å². The van der Waals surface area contributed by atoms with Crippen LogP contribution in [0.3, 0.4) is 0 Å². The van der Waals surface area contributed by atoms with Crippen LogP contribution in [-0.4, -0.2) is 71.5 Å². The van der Waals surface area contributed by atoms with Crippen LogP contribution in [0.25, 0.3) is 0 Å². The minimum Gasteiger partial charge on any atom is -0.493 e. The topological polar surface area (TPSA) is 67.4 Å². The number of ether oxygens (including phenoxy) is 3. The van der Waals surface area contributed by atoms with Crippen LogP contribution in [0.1, 0.15) is 28.7 Å². The molecule has 7 nitrogen and oxygen atoms in total. The van der Waals surface area contributed by atoms with Crippen LogP contribution in [0.5, 0.6) is 11.5 Å². The van der Waals surface area contributed by atoms with Gasteiger partial charge in [-0.1, -0.05) is 30.3 Å². The Morgan fingerprint density at radius 1 is 1.09 bits per heavy atom. The van der Waals surface area contributed by atoms with Crippen LogP contribution in [0, 0.1) is 0 Å². The molecule has 180 valence electrons. The van der Waals surface area contributed by atoms with Crippen molar-refractivity contribution in [1.29, 1.82) is 0 Å². The fourth-order valence-electron chi connectivity index (χ4n) is 4.59. The van der Waals surface area contributed by atoms with Crippen LogP contribution < -0.4 is 20.1 Å². The molecule has 0 saturated carbocycles. The molecule has 1 aliphatic carbocycles. The molecule has 2 N–H and O–H groups in total. The Morgan fingerprint density at radius 2 is 1.85 bits per heavy atom. The molecule has 0 radical (unpaired) electrons. The molecule has 2 unspecified atom stereocenters. The summed E-state index contributed by atoms with van der Waals surface area (Å²) in [6.45, 7) is 4.90. The summed E-state index contributed by atoms with van der Waals surface area (Å²) in [5.74, 6) is 2.86. The molecule has 2 aliphatic rings. The molecule has 0 bridgehead atoms. The van der Waals surface area contributed by atoms with Crippen molar-refractivity contribution in [2.75, 3.05) is 60.7 Å². The van der Waals surface area contributed by atoms with E-state index in [4.69, 9.17) is 14.2 Å². The number of morpholine rings is 1. The predicted molar refractivity (Wildman–Crippen MR) is 142 cm³/mol. The van der Waals surface area contributed by atoms with E-state index in [1.54, 1.807) is 14.2 Å². The Morgan fingerprint density at radius 3 is 2.55 bits per heavy atom. The highest BCUT2D eigenvalue weighted by atomic mass is 127. The lowest BCUT2D eigenvalue weighted by Gasteiger charge is -2.35. The monoisotopic (exact) mass is 566 g/mol. The molecular weight excluding hydrogens is 531 g/mol. The predicted octanol–water partition coefficient (Wildman–Crippen LogP) is 3.20. The largest absolute Gasteiger partial charge is 0.493 e. The summed E-state index contributed by atoms with van der Waals surface area (Å²) in [6, 6.07) is 15.0. The van der Waals surface area contributed by atoms with Gasteiger partial charge in [0.25, 0.3) is 0 Å². The second-order valence-corrected chi connectivity index (χ2v) is 8.21. The first kappa shape index (κ1) is 25.6. The lowest BCUT2D eigenvalue weighted by atomic mass is 9.78. The first-order valence-electron chi connectivity index (χ1n) is 11.3. The van der Waals surface area contributed by atoms with Crippen LogP contribution >= 0.6 is 24.0 Å². The van der Waals surface area contributed by atoms with Gasteiger partial charge in [-0.3, -0.25) is 9.89 Å². The fourth-order valence-corrected chi connectivity index (χ4v) is 4.59. The normalized spacial score (nSPS) is 18.9. The Bertz CT molecular complexity index is 934. The molecule has 0 amide bonds. The van der Waals surface area contributed by atoms with E-state index in [0.29, 0.717) is 5.92 Å². The highest BCUT2D eigenvalue weighted by molar-refractivity contribution is 14.0. The number of nitrogens with zero attached hydrogens (tertiary/aromatic N) is 2. The van der Waals surface area contributed by atoms with Crippen molar-refractivity contribution in [3.8, 4) is 11.5 Å². The summed E-state index contributed by atoms with van der Waals surface area (Å²) in [6.07, 6.45) is 1.13. The molecule has 1 fully saturated rings. The van der Waals surface area contributed by atoms with E-state index in [-0.39, 0.29) is 30.0 Å². The zero-order valence-corrected chi connectivity index (χ0v) is 22.0. The van der Waals surface area contributed by atoms with Gasteiger partial charge in [0.05, 0.1) is 33.5 Å². The van der Waals surface area contributed by atoms with Crippen molar-refractivity contribution in [2.24, 2.45) is 4.99 Å². The van der Waals surface area contributed by atoms with Crippen molar-refractivity contribution >= 4 is 29.9 Å². The number of fused-ring (bicyclic) bond motifs is 1. The zero-order chi connectivity index (χ0) is 22.3. The van der Waals surface area contributed by atoms with Gasteiger partial charge < -0.3 is 24.8 Å². The average Bonchev–Trinajstić information content (AvgIpc) is 2.83. The fraction of sp³-hybridized carbons (Fsp3) is 0.480. The number of hydrogen-bond donors (Lipinski definition) is 2. The first-order valence-corrected chi connectivity index (χ1v) is 11.3. The van der Waals surface area contributed by atoms with Gasteiger partial charge in [-0.2, -0.15) is 0 Å². The van der Waals surface area contributed by atoms with Gasteiger partial charge >= 0.3 is 0 Å². The molecule has 2 aromatic carbocycles. The van der Waals surface area contributed by atoms with E-state index >= 15 is 0 Å². The smallest absolute Gasteiger partial charge is 0.191 e. The Hall–Kier alpha value is -2.04. The average molecular weight is 566 g/mol. The molecule has 1 heterocycles. The number of rotatable bonds is 8. The Kier molecular flexibility index (Phi) is 9.64. The van der Waals surface area contributed by atoms with Crippen LogP contribution in [0.4, 0.5) is 0 Å². The molecule has 2 atom stereocenters. The van der Waals surface area contributed by atoms with Gasteiger partial charge in [-0.25, -0.2) is 0 Å². The molecule has 2 aromatic rings. The third-order valence-corrected chi connectivity index (χ3v) is 6.44. The van der Waals surface area contributed by atoms with Gasteiger partial charge in [0.2, 0.25) is 0 Å². The highest BCUT2D eigenvalue weighted by Crippen LogP contribution is 2.34. The van der Waals surface area contributed by atoms with Gasteiger partial charge in [0, 0.05) is 39.1 Å². The molecule has 4 rings (SSSR count). The summed E-state index contributed by atoms with van der Waals surface area (Å²) in [7, 11) is 5.16. The van der Waals surface area contributed by atoms with Crippen molar-refractivity contribution in [3.63, 3.8) is 0 Å². The van der Waals surface area contributed by atoms with Crippen molar-refractivity contribution in [2.45, 2.75) is 18.4 Å². The summed E-state index contributed by atoms with van der Waals surface area (Å²) < 4.78 is 16.6. The number of hydrogen-bond acceptors (Lipinski definition) is 5. The maximum atomic E-state index is 5.58. The number of aliphatic imine (C=N–C) groups is 1. The van der Waals surface area contributed by atoms with E-state index in [1.807, 2.05) is 13.1 Å². The third-order valence-electron chi connectivity index (χ3n) is 6.44. The molecule has 1 saturated heterocycles. The first-order chi connectivity index (χ1) is 15.7. The minimum absolute atomic E-state index is 0. The summed E-state index contributed by atoms with van der Waals surface area (Å²) in [5, 5.41) is 7.06. The zero-order valence-electron chi connectivity index (χ0n) is 19.7. The quantitative estimate of drug-likeness (QED) is 0.291. The van der Waals surface area contributed by atoms with E-state index in [9.17, 15) is 0 Å². The Labute approximate surface area is 213 Å². The van der Waals surface area contributed by atoms with Gasteiger partial charge in [-0.15, -0.1) is 24.0 Å². The summed E-state index contributed by atoms with van der Waals surface area (Å²) in [5.41, 5.74) is 4.09. The Balaban J connectivity index is 0.00000306. The second-order valence-electron chi connectivity index (χ2n) is 8.21. The molecule has 1 aliphatic heterocycles. The lowest BCUT2D eigenvalue weighted by Crippen LogP contribution is -2.47. The maximum Gasteiger partial charge on any atom is 0.191 e. The minimum atomic E-state index is 0. The molecule has 0 aromatic heterocycles. The number of methoxy groups -OCH3 is 2. The van der Waals surface area contributed by atoms with Crippen molar-refractivity contribution in [3.05, 3.63) is 59.2 Å². The second kappa shape index (κ2) is 12.4. The van der Waals surface area contributed by atoms with E-state index in [2.05, 4.69) is 56.9 Å². The van der Waals surface area contributed by atoms with E-state index < -0.39 is 0 Å². The van der Waals surface area contributed by atoms with Crippen molar-refractivity contribution in [1.82, 2.24) is 15.5 Å². The maximum absolute atomic E-state index is 5.58. The lowest BCUT2D eigenvalue weighted by molar-refractivity contribution is 0.0169. The standard InChI is InChI=1S/C25H34N4O3.HI/c1-26-25(27-16-20-14-18-6-4-5-7-21(18)20)28-17-22(29-10-12-32-13-11-29)19-8-9-23(30-2)24(15-19)31-3;/h4-9,15,20,22H,10-14,16-17H2,1-3H3,(H2,26,27,28);1H. The number of halogens is 1. The third kappa shape index (κ3) is 6.10. The van der Waals surface area contributed by atoms with Gasteiger partial charge in [0.15, 0.2) is 17.5 Å². The molecule has 0 spiro atoms. The molecule has 8 heteroatoms. The molecular formula is C25H35IN4O3. The highest BCUT2D eigenvalue weighted by Gasteiger charge is 2.26. The number of nitrogens with one attached hydrogen (secondary N) is 2. The summed E-state index contributed by atoms with van der Waals surface area (Å²) >= 11 is 0. The number of benzene rings is 2. The van der Waals surface area contributed by atoms with Crippen molar-refractivity contribution < 1.29 is 14.2 Å². The summed E-state index contributed by atoms with van der Waals surface area (Å²) in [4.78, 5) is 6.90. The SMILES string of the molecule is CN=C(NCC1Cc2ccccc21)NCC(c1ccc(OC)c(OC)c1)N1CCOCC1.I. The van der Waals surface area contributed by atoms with E-state index in [0.717, 1.165) is 63.3 Å². The van der Waals surface area contributed by atoms with E-state index in [1.165, 1.54) is 16.7 Å². The van der Waals surface area contributed by atoms with Crippen LogP contribution in [-0.2, 0) is 11.2 Å². The van der Waals surface area contributed by atoms with Gasteiger partial charge in [0.1, 0.15) is 0 Å². The van der Waals surface area contributed by atoms with Crippen LogP contribution in [0.15, 0.2) is 47.5 Å². The molecule has 33 heavy (non-hydrogen) atoms. The number of guanidine groups is 1.